The number of carbonyl (C=O) groups excluding carboxylic acids is 2. The molecule has 1 aliphatic rings. The molecule has 1 saturated carbocycles. The van der Waals surface area contributed by atoms with Crippen molar-refractivity contribution < 1.29 is 18.0 Å². The molecule has 0 unspecified atom stereocenters. The first kappa shape index (κ1) is 31.9. The first-order valence-corrected chi connectivity index (χ1v) is 16.4. The number of carbonyl (C=O) groups is 2. The van der Waals surface area contributed by atoms with Crippen molar-refractivity contribution in [2.75, 3.05) is 10.8 Å². The van der Waals surface area contributed by atoms with Gasteiger partial charge in [0.25, 0.3) is 10.0 Å². The Morgan fingerprint density at radius 1 is 0.929 bits per heavy atom. The van der Waals surface area contributed by atoms with Crippen LogP contribution in [0.5, 0.6) is 0 Å². The lowest BCUT2D eigenvalue weighted by molar-refractivity contribution is -0.140. The van der Waals surface area contributed by atoms with Gasteiger partial charge in [0, 0.05) is 12.6 Å². The van der Waals surface area contributed by atoms with Crippen LogP contribution in [0.2, 0.25) is 10.0 Å². The van der Waals surface area contributed by atoms with Crippen molar-refractivity contribution in [3.8, 4) is 0 Å². The summed E-state index contributed by atoms with van der Waals surface area (Å²) in [6.07, 6.45) is 4.31. The van der Waals surface area contributed by atoms with Crippen molar-refractivity contribution in [1.29, 1.82) is 0 Å². The fraction of sp³-hybridized carbons (Fsp3) is 0.375. The molecule has 0 heterocycles. The highest BCUT2D eigenvalue weighted by Gasteiger charge is 2.34. The molecular weight excluding hydrogens is 593 g/mol. The van der Waals surface area contributed by atoms with Crippen molar-refractivity contribution in [2.45, 2.75) is 76.4 Å². The van der Waals surface area contributed by atoms with Crippen LogP contribution in [0.1, 0.15) is 55.7 Å². The number of nitrogens with one attached hydrogen (secondary N) is 1. The van der Waals surface area contributed by atoms with Crippen LogP contribution in [-0.4, -0.2) is 43.8 Å². The third kappa shape index (κ3) is 7.65. The van der Waals surface area contributed by atoms with E-state index in [4.69, 9.17) is 23.2 Å². The van der Waals surface area contributed by atoms with Gasteiger partial charge in [-0.1, -0.05) is 90.5 Å². The van der Waals surface area contributed by atoms with Crippen molar-refractivity contribution in [2.24, 2.45) is 0 Å². The minimum atomic E-state index is -4.20. The average molecular weight is 631 g/mol. The molecule has 0 aromatic heterocycles. The third-order valence-corrected chi connectivity index (χ3v) is 10.1. The number of halogens is 2. The molecule has 224 valence electrons. The zero-order valence-electron chi connectivity index (χ0n) is 24.1. The van der Waals surface area contributed by atoms with E-state index in [2.05, 4.69) is 5.32 Å². The topological polar surface area (TPSA) is 86.8 Å². The predicted molar refractivity (Wildman–Crippen MR) is 168 cm³/mol. The average Bonchev–Trinajstić information content (AvgIpc) is 3.46. The first-order chi connectivity index (χ1) is 20.0. The zero-order chi connectivity index (χ0) is 30.4. The van der Waals surface area contributed by atoms with Crippen LogP contribution >= 0.6 is 23.2 Å². The maximum Gasteiger partial charge on any atom is 0.264 e. The smallest absolute Gasteiger partial charge is 0.264 e. The van der Waals surface area contributed by atoms with Gasteiger partial charge in [-0.3, -0.25) is 13.9 Å². The van der Waals surface area contributed by atoms with Gasteiger partial charge in [0.15, 0.2) is 0 Å². The predicted octanol–water partition coefficient (Wildman–Crippen LogP) is 6.67. The van der Waals surface area contributed by atoms with E-state index in [1.165, 1.54) is 35.2 Å². The maximum absolute atomic E-state index is 14.2. The van der Waals surface area contributed by atoms with Gasteiger partial charge in [-0.25, -0.2) is 8.42 Å². The molecule has 0 bridgehead atoms. The van der Waals surface area contributed by atoms with E-state index < -0.39 is 28.5 Å². The van der Waals surface area contributed by atoms with E-state index in [0.717, 1.165) is 46.7 Å². The molecule has 1 atom stereocenters. The quantitative estimate of drug-likeness (QED) is 0.256. The van der Waals surface area contributed by atoms with Crippen molar-refractivity contribution in [1.82, 2.24) is 10.2 Å². The Labute approximate surface area is 258 Å². The lowest BCUT2D eigenvalue weighted by Gasteiger charge is -2.34. The molecular formula is C32H37Cl2N3O4S. The summed E-state index contributed by atoms with van der Waals surface area (Å²) in [4.78, 5) is 29.3. The number of sulfonamides is 1. The molecule has 1 fully saturated rings. The van der Waals surface area contributed by atoms with Gasteiger partial charge < -0.3 is 10.2 Å². The van der Waals surface area contributed by atoms with Crippen LogP contribution in [0, 0.1) is 13.8 Å². The third-order valence-electron chi connectivity index (χ3n) is 7.60. The van der Waals surface area contributed by atoms with Crippen molar-refractivity contribution in [3.63, 3.8) is 0 Å². The summed E-state index contributed by atoms with van der Waals surface area (Å²) in [5.41, 5.74) is 2.95. The van der Waals surface area contributed by atoms with Crippen LogP contribution in [0.4, 0.5) is 5.69 Å². The fourth-order valence-corrected chi connectivity index (χ4v) is 7.00. The number of hydrogen-bond acceptors (Lipinski definition) is 4. The Morgan fingerprint density at radius 3 is 2.24 bits per heavy atom. The molecule has 2 amide bonds. The standard InChI is InChI=1S/C32H37Cl2N3O4S/c1-4-30(32(39)35-25-10-5-6-11-25)36(20-24-9-7-8-23(3)18-24)31(38)21-37(26-14-17-28(33)29(34)19-26)42(40,41)27-15-12-22(2)13-16-27/h7-9,12-19,25,30H,4-6,10-11,20-21H2,1-3H3,(H,35,39)/t30-/m1/s1. The summed E-state index contributed by atoms with van der Waals surface area (Å²) in [7, 11) is -4.20. The summed E-state index contributed by atoms with van der Waals surface area (Å²) < 4.78 is 29.0. The van der Waals surface area contributed by atoms with E-state index in [-0.39, 0.29) is 39.1 Å². The molecule has 3 aromatic rings. The molecule has 7 nitrogen and oxygen atoms in total. The highest BCUT2D eigenvalue weighted by Crippen LogP contribution is 2.31. The number of amides is 2. The molecule has 0 aliphatic heterocycles. The van der Waals surface area contributed by atoms with Crippen LogP contribution in [0.25, 0.3) is 0 Å². The van der Waals surface area contributed by atoms with E-state index in [1.807, 2.05) is 45.0 Å². The number of aryl methyl sites for hydroxylation is 2. The SMILES string of the molecule is CC[C@H](C(=O)NC1CCCC1)N(Cc1cccc(C)c1)C(=O)CN(c1ccc(Cl)c(Cl)c1)S(=O)(=O)c1ccc(C)cc1. The minimum absolute atomic E-state index is 0.0308. The van der Waals surface area contributed by atoms with Gasteiger partial charge in [-0.15, -0.1) is 0 Å². The highest BCUT2D eigenvalue weighted by atomic mass is 35.5. The number of hydrogen-bond donors (Lipinski definition) is 1. The summed E-state index contributed by atoms with van der Waals surface area (Å²) in [5.74, 6) is -0.737. The molecule has 0 spiro atoms. The lowest BCUT2D eigenvalue weighted by atomic mass is 10.1. The number of nitrogens with zero attached hydrogens (tertiary/aromatic N) is 2. The molecule has 10 heteroatoms. The van der Waals surface area contributed by atoms with Gasteiger partial charge in [0.1, 0.15) is 12.6 Å². The van der Waals surface area contributed by atoms with Crippen LogP contribution in [0.15, 0.2) is 71.6 Å². The summed E-state index contributed by atoms with van der Waals surface area (Å²) in [5, 5.41) is 3.54. The summed E-state index contributed by atoms with van der Waals surface area (Å²) >= 11 is 12.4. The Hall–Kier alpha value is -3.07. The van der Waals surface area contributed by atoms with Gasteiger partial charge in [0.05, 0.1) is 20.6 Å². The zero-order valence-corrected chi connectivity index (χ0v) is 26.5. The number of rotatable bonds is 11. The minimum Gasteiger partial charge on any atom is -0.352 e. The molecule has 0 radical (unpaired) electrons. The van der Waals surface area contributed by atoms with Crippen LogP contribution in [-0.2, 0) is 26.2 Å². The van der Waals surface area contributed by atoms with E-state index in [1.54, 1.807) is 12.1 Å². The van der Waals surface area contributed by atoms with Gasteiger partial charge >= 0.3 is 0 Å². The van der Waals surface area contributed by atoms with Gasteiger partial charge in [-0.2, -0.15) is 0 Å². The summed E-state index contributed by atoms with van der Waals surface area (Å²) in [6.45, 7) is 5.29. The molecule has 1 aliphatic carbocycles. The molecule has 42 heavy (non-hydrogen) atoms. The van der Waals surface area contributed by atoms with E-state index in [9.17, 15) is 18.0 Å². The second-order valence-electron chi connectivity index (χ2n) is 10.8. The monoisotopic (exact) mass is 629 g/mol. The first-order valence-electron chi connectivity index (χ1n) is 14.2. The molecule has 0 saturated heterocycles. The van der Waals surface area contributed by atoms with Crippen molar-refractivity contribution >= 4 is 50.7 Å². The van der Waals surface area contributed by atoms with Gasteiger partial charge in [0.2, 0.25) is 11.8 Å². The fourth-order valence-electron chi connectivity index (χ4n) is 5.30. The number of benzene rings is 3. The molecule has 4 rings (SSSR count). The van der Waals surface area contributed by atoms with Crippen LogP contribution in [0.3, 0.4) is 0 Å². The van der Waals surface area contributed by atoms with Crippen molar-refractivity contribution in [3.05, 3.63) is 93.5 Å². The normalized spacial score (nSPS) is 14.4. The highest BCUT2D eigenvalue weighted by molar-refractivity contribution is 7.92. The van der Waals surface area contributed by atoms with E-state index >= 15 is 0 Å². The Kier molecular flexibility index (Phi) is 10.6. The lowest BCUT2D eigenvalue weighted by Crippen LogP contribution is -2.53. The molecule has 3 aromatic carbocycles. The number of anilines is 1. The van der Waals surface area contributed by atoms with Gasteiger partial charge in [-0.05, 0) is 69.0 Å². The second kappa shape index (κ2) is 13.9. The van der Waals surface area contributed by atoms with Crippen LogP contribution < -0.4 is 9.62 Å². The largest absolute Gasteiger partial charge is 0.352 e. The Bertz CT molecular complexity index is 1520. The Balaban J connectivity index is 1.73. The maximum atomic E-state index is 14.2. The van der Waals surface area contributed by atoms with E-state index in [0.29, 0.717) is 6.42 Å². The summed E-state index contributed by atoms with van der Waals surface area (Å²) in [6, 6.07) is 17.9. The second-order valence-corrected chi connectivity index (χ2v) is 13.5. The molecule has 1 N–H and O–H groups in total. The Morgan fingerprint density at radius 2 is 1.62 bits per heavy atom.